The van der Waals surface area contributed by atoms with E-state index in [0.29, 0.717) is 0 Å². The molecular weight excluding hydrogens is 278 g/mol. The van der Waals surface area contributed by atoms with Crippen molar-refractivity contribution in [2.24, 2.45) is 0 Å². The van der Waals surface area contributed by atoms with Gasteiger partial charge in [0.1, 0.15) is 0 Å². The molecule has 0 aliphatic carbocycles. The summed E-state index contributed by atoms with van der Waals surface area (Å²) in [6, 6.07) is 6.20. The van der Waals surface area contributed by atoms with Crippen LogP contribution in [0.3, 0.4) is 0 Å². The van der Waals surface area contributed by atoms with E-state index in [1.165, 1.54) is 69.8 Å². The number of anilines is 1. The Labute approximate surface area is 136 Å². The van der Waals surface area contributed by atoms with Crippen LogP contribution in [0.25, 0.3) is 0 Å². The molecule has 21 heavy (non-hydrogen) atoms. The largest absolute Gasteiger partial charge is 0.384 e. The summed E-state index contributed by atoms with van der Waals surface area (Å²) >= 11 is 6.20. The molecule has 0 amide bonds. The zero-order chi connectivity index (χ0) is 15.3. The summed E-state index contributed by atoms with van der Waals surface area (Å²) in [5.74, 6) is 0. The topological polar surface area (TPSA) is 12.0 Å². The highest BCUT2D eigenvalue weighted by Crippen LogP contribution is 2.22. The smallest absolute Gasteiger partial charge is 0.0640 e. The Balaban J connectivity index is 1.93. The van der Waals surface area contributed by atoms with E-state index < -0.39 is 0 Å². The van der Waals surface area contributed by atoms with Gasteiger partial charge in [0.15, 0.2) is 0 Å². The van der Waals surface area contributed by atoms with Crippen LogP contribution in [-0.2, 0) is 0 Å². The van der Waals surface area contributed by atoms with Crippen molar-refractivity contribution in [3.8, 4) is 0 Å². The predicted molar refractivity (Wildman–Crippen MR) is 96.5 cm³/mol. The Hall–Kier alpha value is -0.690. The molecule has 0 fully saturated rings. The van der Waals surface area contributed by atoms with E-state index in [4.69, 9.17) is 11.6 Å². The van der Waals surface area contributed by atoms with Crippen molar-refractivity contribution in [1.82, 2.24) is 0 Å². The van der Waals surface area contributed by atoms with E-state index >= 15 is 0 Å². The van der Waals surface area contributed by atoms with Gasteiger partial charge in [-0.2, -0.15) is 0 Å². The maximum atomic E-state index is 6.20. The van der Waals surface area contributed by atoms with Crippen molar-refractivity contribution in [2.75, 3.05) is 11.9 Å². The molecule has 0 bridgehead atoms. The monoisotopic (exact) mass is 309 g/mol. The number of hydrogen-bond donors (Lipinski definition) is 1. The van der Waals surface area contributed by atoms with Gasteiger partial charge in [-0.15, -0.1) is 0 Å². The van der Waals surface area contributed by atoms with Crippen LogP contribution in [-0.4, -0.2) is 6.54 Å². The zero-order valence-corrected chi connectivity index (χ0v) is 14.6. The van der Waals surface area contributed by atoms with Crippen LogP contribution < -0.4 is 5.32 Å². The molecule has 0 aromatic heterocycles. The summed E-state index contributed by atoms with van der Waals surface area (Å²) in [6.45, 7) is 5.37. The number of nitrogens with one attached hydrogen (secondary N) is 1. The number of unbranched alkanes of at least 4 members (excludes halogenated alkanes) is 9. The molecule has 1 N–H and O–H groups in total. The first kappa shape index (κ1) is 18.4. The van der Waals surface area contributed by atoms with Crippen LogP contribution in [0.5, 0.6) is 0 Å². The van der Waals surface area contributed by atoms with Crippen molar-refractivity contribution in [2.45, 2.75) is 78.1 Å². The van der Waals surface area contributed by atoms with Crippen molar-refractivity contribution in [3.63, 3.8) is 0 Å². The minimum atomic E-state index is 0.835. The lowest BCUT2D eigenvalue weighted by Crippen LogP contribution is -2.02. The predicted octanol–water partition coefficient (Wildman–Crippen LogP) is 6.98. The number of benzene rings is 1. The van der Waals surface area contributed by atoms with E-state index in [-0.39, 0.29) is 0 Å². The molecule has 1 nitrogen and oxygen atoms in total. The van der Waals surface area contributed by atoms with Gasteiger partial charge in [-0.1, -0.05) is 82.4 Å². The summed E-state index contributed by atoms with van der Waals surface area (Å²) in [6.07, 6.45) is 13.8. The molecule has 2 heteroatoms. The SMILES string of the molecule is CCCCCCCCCCCCNc1ccc(C)cc1Cl. The van der Waals surface area contributed by atoms with Crippen LogP contribution in [0.1, 0.15) is 76.7 Å². The third kappa shape index (κ3) is 9.03. The highest BCUT2D eigenvalue weighted by Gasteiger charge is 1.99. The van der Waals surface area contributed by atoms with E-state index in [0.717, 1.165) is 17.3 Å². The van der Waals surface area contributed by atoms with Gasteiger partial charge in [0.2, 0.25) is 0 Å². The van der Waals surface area contributed by atoms with E-state index in [1.807, 2.05) is 6.07 Å². The Morgan fingerprint density at radius 3 is 2.00 bits per heavy atom. The number of rotatable bonds is 12. The van der Waals surface area contributed by atoms with Gasteiger partial charge in [-0.3, -0.25) is 0 Å². The van der Waals surface area contributed by atoms with E-state index in [1.54, 1.807) is 0 Å². The summed E-state index contributed by atoms with van der Waals surface area (Å²) < 4.78 is 0. The lowest BCUT2D eigenvalue weighted by molar-refractivity contribution is 0.560. The van der Waals surface area contributed by atoms with Crippen LogP contribution >= 0.6 is 11.6 Å². The van der Waals surface area contributed by atoms with E-state index in [2.05, 4.69) is 31.3 Å². The minimum Gasteiger partial charge on any atom is -0.384 e. The Morgan fingerprint density at radius 2 is 1.43 bits per heavy atom. The Kier molecular flexibility index (Phi) is 10.4. The summed E-state index contributed by atoms with van der Waals surface area (Å²) in [5, 5.41) is 4.27. The van der Waals surface area contributed by atoms with Gasteiger partial charge in [0.25, 0.3) is 0 Å². The molecule has 0 spiro atoms. The average molecular weight is 310 g/mol. The second kappa shape index (κ2) is 11.9. The molecule has 1 rings (SSSR count). The van der Waals surface area contributed by atoms with Crippen LogP contribution in [0.15, 0.2) is 18.2 Å². The lowest BCUT2D eigenvalue weighted by atomic mass is 10.1. The zero-order valence-electron chi connectivity index (χ0n) is 13.9. The average Bonchev–Trinajstić information content (AvgIpc) is 2.46. The third-order valence-electron chi connectivity index (χ3n) is 3.97. The normalized spacial score (nSPS) is 10.8. The summed E-state index contributed by atoms with van der Waals surface area (Å²) in [7, 11) is 0. The molecule has 1 aromatic rings. The van der Waals surface area contributed by atoms with Crippen molar-refractivity contribution < 1.29 is 0 Å². The Bertz CT molecular complexity index is 376. The number of halogens is 1. The van der Waals surface area contributed by atoms with Gasteiger partial charge in [-0.25, -0.2) is 0 Å². The third-order valence-corrected chi connectivity index (χ3v) is 4.28. The molecular formula is C19H32ClN. The fourth-order valence-electron chi connectivity index (χ4n) is 2.60. The summed E-state index contributed by atoms with van der Waals surface area (Å²) in [5.41, 5.74) is 2.28. The number of aryl methyl sites for hydroxylation is 1. The molecule has 0 heterocycles. The molecule has 0 atom stereocenters. The van der Waals surface area contributed by atoms with Crippen molar-refractivity contribution >= 4 is 17.3 Å². The maximum absolute atomic E-state index is 6.20. The molecule has 0 radical (unpaired) electrons. The first-order chi connectivity index (χ1) is 10.2. The van der Waals surface area contributed by atoms with Crippen LogP contribution in [0.2, 0.25) is 5.02 Å². The molecule has 120 valence electrons. The molecule has 0 saturated heterocycles. The quantitative estimate of drug-likeness (QED) is 0.411. The maximum Gasteiger partial charge on any atom is 0.0640 e. The molecule has 1 aromatic carbocycles. The first-order valence-electron chi connectivity index (χ1n) is 8.74. The van der Waals surface area contributed by atoms with Gasteiger partial charge in [0, 0.05) is 6.54 Å². The molecule has 0 unspecified atom stereocenters. The standard InChI is InChI=1S/C19H32ClN/c1-3-4-5-6-7-8-9-10-11-12-15-21-19-14-13-17(2)16-18(19)20/h13-14,16,21H,3-12,15H2,1-2H3. The van der Waals surface area contributed by atoms with Crippen LogP contribution in [0.4, 0.5) is 5.69 Å². The number of hydrogen-bond acceptors (Lipinski definition) is 1. The fraction of sp³-hybridized carbons (Fsp3) is 0.684. The van der Waals surface area contributed by atoms with Gasteiger partial charge >= 0.3 is 0 Å². The highest BCUT2D eigenvalue weighted by molar-refractivity contribution is 6.33. The molecule has 0 aliphatic heterocycles. The Morgan fingerprint density at radius 1 is 0.857 bits per heavy atom. The van der Waals surface area contributed by atoms with Gasteiger partial charge in [-0.05, 0) is 31.0 Å². The first-order valence-corrected chi connectivity index (χ1v) is 9.12. The van der Waals surface area contributed by atoms with Crippen molar-refractivity contribution in [1.29, 1.82) is 0 Å². The van der Waals surface area contributed by atoms with Crippen molar-refractivity contribution in [3.05, 3.63) is 28.8 Å². The van der Waals surface area contributed by atoms with E-state index in [9.17, 15) is 0 Å². The van der Waals surface area contributed by atoms with Gasteiger partial charge < -0.3 is 5.32 Å². The fourth-order valence-corrected chi connectivity index (χ4v) is 2.90. The molecule has 0 aliphatic rings. The highest BCUT2D eigenvalue weighted by atomic mass is 35.5. The molecule has 0 saturated carbocycles. The summed E-state index contributed by atoms with van der Waals surface area (Å²) in [4.78, 5) is 0. The second-order valence-electron chi connectivity index (χ2n) is 6.09. The minimum absolute atomic E-state index is 0.835. The second-order valence-corrected chi connectivity index (χ2v) is 6.50. The van der Waals surface area contributed by atoms with Gasteiger partial charge in [0.05, 0.1) is 10.7 Å². The lowest BCUT2D eigenvalue weighted by Gasteiger charge is -2.09. The van der Waals surface area contributed by atoms with Crippen LogP contribution in [0, 0.1) is 6.92 Å².